The number of halogens is 1. The number of nitriles is 1. The molecule has 0 saturated heterocycles. The number of ether oxygens (including phenoxy) is 2. The molecule has 0 aliphatic carbocycles. The van der Waals surface area contributed by atoms with Crippen LogP contribution < -0.4 is 9.47 Å². The number of hydrogen-bond donors (Lipinski definition) is 1. The van der Waals surface area contributed by atoms with Gasteiger partial charge in [-0.05, 0) is 76.5 Å². The van der Waals surface area contributed by atoms with Gasteiger partial charge in [-0.3, -0.25) is 0 Å². The molecular formula is C26H19BrN2O5. The molecule has 170 valence electrons. The molecule has 0 amide bonds. The van der Waals surface area contributed by atoms with Gasteiger partial charge in [0.2, 0.25) is 5.89 Å². The minimum absolute atomic E-state index is 0.211. The van der Waals surface area contributed by atoms with Crippen LogP contribution in [-0.2, 0) is 6.61 Å². The molecule has 8 heteroatoms. The Morgan fingerprint density at radius 3 is 2.62 bits per heavy atom. The average molecular weight is 519 g/mol. The molecule has 0 aliphatic rings. The highest BCUT2D eigenvalue weighted by Gasteiger charge is 2.15. The topological polar surface area (TPSA) is 106 Å². The molecule has 0 bridgehead atoms. The molecule has 0 atom stereocenters. The van der Waals surface area contributed by atoms with Crippen molar-refractivity contribution in [3.8, 4) is 17.6 Å². The lowest BCUT2D eigenvalue weighted by atomic mass is 10.1. The van der Waals surface area contributed by atoms with Crippen molar-refractivity contribution < 1.29 is 23.8 Å². The van der Waals surface area contributed by atoms with Gasteiger partial charge in [0, 0.05) is 0 Å². The molecule has 0 saturated carbocycles. The Morgan fingerprint density at radius 1 is 1.18 bits per heavy atom. The monoisotopic (exact) mass is 518 g/mol. The molecule has 1 aromatic heterocycles. The number of carboxylic acids is 1. The number of rotatable bonds is 8. The summed E-state index contributed by atoms with van der Waals surface area (Å²) in [5, 5.41) is 18.7. The summed E-state index contributed by atoms with van der Waals surface area (Å²) in [6, 6.07) is 19.5. The first-order chi connectivity index (χ1) is 16.5. The van der Waals surface area contributed by atoms with Crippen molar-refractivity contribution in [3.05, 3.63) is 87.7 Å². The van der Waals surface area contributed by atoms with Crippen molar-refractivity contribution in [2.75, 3.05) is 6.61 Å². The third kappa shape index (κ3) is 5.11. The summed E-state index contributed by atoms with van der Waals surface area (Å²) in [6.45, 7) is 2.50. The first-order valence-corrected chi connectivity index (χ1v) is 11.2. The van der Waals surface area contributed by atoms with E-state index in [1.807, 2.05) is 31.2 Å². The molecule has 0 spiro atoms. The summed E-state index contributed by atoms with van der Waals surface area (Å²) in [6.07, 6.45) is 1.67. The second-order valence-corrected chi connectivity index (χ2v) is 8.06. The molecule has 1 heterocycles. The van der Waals surface area contributed by atoms with Crippen LogP contribution in [0.1, 0.15) is 34.3 Å². The number of nitrogens with zero attached hydrogens (tertiary/aromatic N) is 2. The molecular weight excluding hydrogens is 500 g/mol. The van der Waals surface area contributed by atoms with Crippen LogP contribution in [0, 0.1) is 11.3 Å². The van der Waals surface area contributed by atoms with Crippen molar-refractivity contribution >= 4 is 44.6 Å². The van der Waals surface area contributed by atoms with Crippen molar-refractivity contribution in [2.45, 2.75) is 13.5 Å². The third-order valence-corrected chi connectivity index (χ3v) is 5.46. The van der Waals surface area contributed by atoms with Gasteiger partial charge in [-0.2, -0.15) is 5.26 Å². The highest BCUT2D eigenvalue weighted by atomic mass is 79.9. The molecule has 4 rings (SSSR count). The fraction of sp³-hybridized carbons (Fsp3) is 0.115. The number of fused-ring (bicyclic) bond motifs is 1. The summed E-state index contributed by atoms with van der Waals surface area (Å²) >= 11 is 3.53. The molecule has 0 unspecified atom stereocenters. The number of aromatic nitrogens is 1. The molecule has 0 radical (unpaired) electrons. The molecule has 34 heavy (non-hydrogen) atoms. The van der Waals surface area contributed by atoms with E-state index in [-0.39, 0.29) is 23.6 Å². The maximum absolute atomic E-state index is 11.0. The van der Waals surface area contributed by atoms with Gasteiger partial charge in [0.1, 0.15) is 23.8 Å². The summed E-state index contributed by atoms with van der Waals surface area (Å²) in [5.74, 6) is 0.261. The number of oxazole rings is 1. The van der Waals surface area contributed by atoms with E-state index in [9.17, 15) is 10.1 Å². The predicted octanol–water partition coefficient (Wildman–Crippen LogP) is 6.33. The lowest BCUT2D eigenvalue weighted by molar-refractivity contribution is 0.0697. The fourth-order valence-corrected chi connectivity index (χ4v) is 3.84. The standard InChI is InChI=1S/C26H19BrN2O5/c1-2-32-23-13-17(11-19(14-28)25-29-21-5-3-4-6-22(21)34-25)12-20(27)24(23)33-15-16-7-9-18(10-8-16)26(30)31/h3-13H,2,15H2,1H3,(H,30,31)/b19-11+. The normalized spacial score (nSPS) is 11.3. The number of hydrogen-bond acceptors (Lipinski definition) is 6. The zero-order valence-electron chi connectivity index (χ0n) is 18.1. The summed E-state index contributed by atoms with van der Waals surface area (Å²) < 4.78 is 18.1. The van der Waals surface area contributed by atoms with E-state index < -0.39 is 5.97 Å². The van der Waals surface area contributed by atoms with Gasteiger partial charge in [0.25, 0.3) is 0 Å². The molecule has 7 nitrogen and oxygen atoms in total. The van der Waals surface area contributed by atoms with Gasteiger partial charge in [-0.15, -0.1) is 0 Å². The van der Waals surface area contributed by atoms with Crippen LogP contribution in [0.3, 0.4) is 0 Å². The summed E-state index contributed by atoms with van der Waals surface area (Å²) in [5.41, 5.74) is 3.28. The van der Waals surface area contributed by atoms with Gasteiger partial charge in [-0.1, -0.05) is 24.3 Å². The Bertz CT molecular complexity index is 1380. The number of para-hydroxylation sites is 2. The van der Waals surface area contributed by atoms with E-state index in [1.54, 1.807) is 30.3 Å². The number of carboxylic acid groups (broad SMARTS) is 1. The second-order valence-electron chi connectivity index (χ2n) is 7.21. The maximum atomic E-state index is 11.0. The fourth-order valence-electron chi connectivity index (χ4n) is 3.27. The quantitative estimate of drug-likeness (QED) is 0.271. The Balaban J connectivity index is 1.62. The molecule has 0 aliphatic heterocycles. The van der Waals surface area contributed by atoms with Gasteiger partial charge in [0.05, 0.1) is 16.6 Å². The van der Waals surface area contributed by atoms with Gasteiger partial charge >= 0.3 is 5.97 Å². The van der Waals surface area contributed by atoms with Crippen LogP contribution >= 0.6 is 15.9 Å². The number of allylic oxidation sites excluding steroid dienone is 1. The van der Waals surface area contributed by atoms with Gasteiger partial charge in [0.15, 0.2) is 17.1 Å². The van der Waals surface area contributed by atoms with Crippen LogP contribution in [0.4, 0.5) is 0 Å². The number of carbonyl (C=O) groups is 1. The average Bonchev–Trinajstić information content (AvgIpc) is 3.26. The van der Waals surface area contributed by atoms with E-state index in [0.29, 0.717) is 39.2 Å². The summed E-state index contributed by atoms with van der Waals surface area (Å²) in [7, 11) is 0. The minimum atomic E-state index is -0.980. The smallest absolute Gasteiger partial charge is 0.335 e. The van der Waals surface area contributed by atoms with Crippen molar-refractivity contribution in [1.29, 1.82) is 5.26 Å². The lowest BCUT2D eigenvalue weighted by Gasteiger charge is -2.15. The zero-order valence-corrected chi connectivity index (χ0v) is 19.7. The van der Waals surface area contributed by atoms with Gasteiger partial charge < -0.3 is 19.0 Å². The van der Waals surface area contributed by atoms with E-state index >= 15 is 0 Å². The Labute approximate surface area is 204 Å². The second kappa shape index (κ2) is 10.2. The van der Waals surface area contributed by atoms with Crippen LogP contribution in [0.2, 0.25) is 0 Å². The van der Waals surface area contributed by atoms with E-state index in [1.165, 1.54) is 12.1 Å². The van der Waals surface area contributed by atoms with Crippen molar-refractivity contribution in [3.63, 3.8) is 0 Å². The highest BCUT2D eigenvalue weighted by molar-refractivity contribution is 9.10. The maximum Gasteiger partial charge on any atom is 0.335 e. The van der Waals surface area contributed by atoms with Crippen molar-refractivity contribution in [2.24, 2.45) is 0 Å². The first kappa shape index (κ1) is 23.1. The van der Waals surface area contributed by atoms with Crippen molar-refractivity contribution in [1.82, 2.24) is 4.98 Å². The van der Waals surface area contributed by atoms with E-state index in [0.717, 1.165) is 5.56 Å². The summed E-state index contributed by atoms with van der Waals surface area (Å²) in [4.78, 5) is 15.4. The number of aromatic carboxylic acids is 1. The minimum Gasteiger partial charge on any atom is -0.490 e. The van der Waals surface area contributed by atoms with Crippen LogP contribution in [0.5, 0.6) is 11.5 Å². The van der Waals surface area contributed by atoms with Crippen LogP contribution in [0.25, 0.3) is 22.7 Å². The Morgan fingerprint density at radius 2 is 1.94 bits per heavy atom. The largest absolute Gasteiger partial charge is 0.490 e. The SMILES string of the molecule is CCOc1cc(/C=C(\C#N)c2nc3ccccc3o2)cc(Br)c1OCc1ccc(C(=O)O)cc1. The van der Waals surface area contributed by atoms with E-state index in [2.05, 4.69) is 27.0 Å². The highest BCUT2D eigenvalue weighted by Crippen LogP contribution is 2.38. The first-order valence-electron chi connectivity index (χ1n) is 10.4. The zero-order chi connectivity index (χ0) is 24.1. The number of benzene rings is 3. The Hall–Kier alpha value is -4.09. The van der Waals surface area contributed by atoms with Crippen LogP contribution in [-0.4, -0.2) is 22.7 Å². The molecule has 3 aromatic carbocycles. The lowest BCUT2D eigenvalue weighted by Crippen LogP contribution is -2.02. The predicted molar refractivity (Wildman–Crippen MR) is 131 cm³/mol. The third-order valence-electron chi connectivity index (χ3n) is 4.87. The van der Waals surface area contributed by atoms with Gasteiger partial charge in [-0.25, -0.2) is 9.78 Å². The molecule has 4 aromatic rings. The Kier molecular flexibility index (Phi) is 6.95. The van der Waals surface area contributed by atoms with E-state index in [4.69, 9.17) is 19.0 Å². The molecule has 0 fully saturated rings. The van der Waals surface area contributed by atoms with Crippen LogP contribution in [0.15, 0.2) is 69.6 Å². The molecule has 1 N–H and O–H groups in total.